The minimum atomic E-state index is -0.567. The van der Waals surface area contributed by atoms with Gasteiger partial charge in [0.1, 0.15) is 6.10 Å². The molecule has 0 bridgehead atoms. The van der Waals surface area contributed by atoms with Crippen molar-refractivity contribution >= 4 is 5.97 Å². The summed E-state index contributed by atoms with van der Waals surface area (Å²) in [5, 5.41) is 9.61. The van der Waals surface area contributed by atoms with Gasteiger partial charge in [0.25, 0.3) is 0 Å². The third-order valence-corrected chi connectivity index (χ3v) is 10.0. The molecule has 1 unspecified atom stereocenters. The van der Waals surface area contributed by atoms with Crippen LogP contribution in [0.25, 0.3) is 0 Å². The maximum absolute atomic E-state index is 12.2. The molecule has 0 aromatic heterocycles. The first-order chi connectivity index (χ1) is 27.2. The summed E-state index contributed by atoms with van der Waals surface area (Å²) in [6, 6.07) is 0. The second kappa shape index (κ2) is 48.0. The molecule has 0 aromatic carbocycles. The Morgan fingerprint density at radius 1 is 0.455 bits per heavy atom. The average molecular weight is 767 g/mol. The molecular weight excluding hydrogens is 677 g/mol. The van der Waals surface area contributed by atoms with Crippen LogP contribution < -0.4 is 0 Å². The highest BCUT2D eigenvalue weighted by atomic mass is 16.6. The molecule has 0 amide bonds. The topological polar surface area (TPSA) is 55.8 Å². The molecule has 1 N–H and O–H groups in total. The summed E-state index contributed by atoms with van der Waals surface area (Å²) in [5.41, 5.74) is 0. The fraction of sp³-hybridized carbons (Fsp3) is 0.745. The molecule has 0 radical (unpaired) electrons. The zero-order valence-corrected chi connectivity index (χ0v) is 36.4. The highest BCUT2D eigenvalue weighted by Gasteiger charge is 2.13. The molecule has 0 aromatic rings. The van der Waals surface area contributed by atoms with E-state index >= 15 is 0 Å². The van der Waals surface area contributed by atoms with E-state index in [1.54, 1.807) is 0 Å². The molecule has 0 fully saturated rings. The van der Waals surface area contributed by atoms with Gasteiger partial charge < -0.3 is 14.6 Å². The van der Waals surface area contributed by atoms with Gasteiger partial charge in [0, 0.05) is 13.0 Å². The van der Waals surface area contributed by atoms with Crippen LogP contribution in [-0.4, -0.2) is 37.0 Å². The zero-order chi connectivity index (χ0) is 39.8. The van der Waals surface area contributed by atoms with E-state index in [9.17, 15) is 9.90 Å². The fourth-order valence-electron chi connectivity index (χ4n) is 6.54. The van der Waals surface area contributed by atoms with Gasteiger partial charge in [-0.3, -0.25) is 4.79 Å². The Labute approximate surface area is 342 Å². The number of aliphatic hydroxyl groups excluding tert-OH is 1. The summed E-state index contributed by atoms with van der Waals surface area (Å²) in [4.78, 5) is 12.2. The predicted octanol–water partition coefficient (Wildman–Crippen LogP) is 15.8. The smallest absolute Gasteiger partial charge is 0.306 e. The molecule has 0 rings (SSSR count). The summed E-state index contributed by atoms with van der Waals surface area (Å²) >= 11 is 0. The van der Waals surface area contributed by atoms with Crippen molar-refractivity contribution in [2.75, 3.05) is 19.8 Å². The summed E-state index contributed by atoms with van der Waals surface area (Å²) in [6.45, 7) is 5.18. The van der Waals surface area contributed by atoms with Crippen LogP contribution in [0, 0.1) is 0 Å². The Kier molecular flexibility index (Phi) is 46.1. The van der Waals surface area contributed by atoms with Gasteiger partial charge in [0.15, 0.2) is 0 Å². The predicted molar refractivity (Wildman–Crippen MR) is 242 cm³/mol. The third kappa shape index (κ3) is 46.1. The Morgan fingerprint density at radius 2 is 0.818 bits per heavy atom. The number of carbonyl (C=O) groups is 1. The first kappa shape index (κ1) is 52.8. The van der Waals surface area contributed by atoms with Gasteiger partial charge in [-0.05, 0) is 77.0 Å². The Bertz CT molecular complexity index is 942. The monoisotopic (exact) mass is 767 g/mol. The van der Waals surface area contributed by atoms with E-state index in [-0.39, 0.29) is 19.2 Å². The van der Waals surface area contributed by atoms with Crippen LogP contribution in [0.4, 0.5) is 0 Å². The molecule has 0 spiro atoms. The normalized spacial score (nSPS) is 13.0. The number of unbranched alkanes of at least 4 members (excludes halogenated alkanes) is 23. The van der Waals surface area contributed by atoms with Gasteiger partial charge in [0.2, 0.25) is 0 Å². The van der Waals surface area contributed by atoms with Crippen molar-refractivity contribution in [1.82, 2.24) is 0 Å². The standard InChI is InChI=1S/C51H90O4/c1-3-5-7-9-11-13-15-17-19-21-22-23-24-25-26-27-28-29-31-33-35-37-39-41-43-45-47-54-49-50(48-52)55-51(53)46-44-42-40-38-36-34-32-30-20-18-16-14-12-10-8-6-4-2/h6,8,12,14,18,20-22,32,34,38,40,50,52H,3-5,7,9-11,13,15-17,19,23-31,33,35-37,39,41-49H2,1-2H3/b8-6-,14-12-,20-18-,22-21-,34-32-,40-38-. The molecule has 0 saturated carbocycles. The lowest BCUT2D eigenvalue weighted by molar-refractivity contribution is -0.154. The molecular formula is C51H90O4. The Balaban J connectivity index is 3.46. The van der Waals surface area contributed by atoms with Crippen molar-refractivity contribution in [3.8, 4) is 0 Å². The third-order valence-electron chi connectivity index (χ3n) is 10.0. The number of allylic oxidation sites excluding steroid dienone is 12. The molecule has 55 heavy (non-hydrogen) atoms. The average Bonchev–Trinajstić information content (AvgIpc) is 3.19. The lowest BCUT2D eigenvalue weighted by atomic mass is 10.0. The number of hydrogen-bond donors (Lipinski definition) is 1. The van der Waals surface area contributed by atoms with Crippen molar-refractivity contribution in [1.29, 1.82) is 0 Å². The molecule has 0 heterocycles. The molecule has 4 nitrogen and oxygen atoms in total. The second-order valence-corrected chi connectivity index (χ2v) is 15.4. The van der Waals surface area contributed by atoms with Crippen LogP contribution in [0.3, 0.4) is 0 Å². The summed E-state index contributed by atoms with van der Waals surface area (Å²) in [7, 11) is 0. The highest BCUT2D eigenvalue weighted by Crippen LogP contribution is 2.14. The van der Waals surface area contributed by atoms with Crippen LogP contribution in [0.15, 0.2) is 72.9 Å². The summed E-state index contributed by atoms with van der Waals surface area (Å²) in [6.07, 6.45) is 65.6. The number of carbonyl (C=O) groups excluding carboxylic acids is 1. The van der Waals surface area contributed by atoms with E-state index in [2.05, 4.69) is 86.8 Å². The van der Waals surface area contributed by atoms with Crippen LogP contribution in [0.1, 0.15) is 219 Å². The van der Waals surface area contributed by atoms with Gasteiger partial charge in [0.05, 0.1) is 13.2 Å². The van der Waals surface area contributed by atoms with Gasteiger partial charge in [-0.15, -0.1) is 0 Å². The van der Waals surface area contributed by atoms with Crippen LogP contribution in [-0.2, 0) is 14.3 Å². The Morgan fingerprint density at radius 3 is 1.25 bits per heavy atom. The maximum Gasteiger partial charge on any atom is 0.306 e. The van der Waals surface area contributed by atoms with Crippen molar-refractivity contribution < 1.29 is 19.4 Å². The molecule has 1 atom stereocenters. The minimum absolute atomic E-state index is 0.197. The van der Waals surface area contributed by atoms with Gasteiger partial charge in [-0.25, -0.2) is 0 Å². The summed E-state index contributed by atoms with van der Waals surface area (Å²) < 4.78 is 11.1. The van der Waals surface area contributed by atoms with E-state index < -0.39 is 6.10 Å². The fourth-order valence-corrected chi connectivity index (χ4v) is 6.54. The Hall–Kier alpha value is -2.17. The van der Waals surface area contributed by atoms with Gasteiger partial charge >= 0.3 is 5.97 Å². The SMILES string of the molecule is CC/C=C\C/C=C\C/C=C\C/C=C\C/C=C\CCCC(=O)OC(CO)COCCCCCCCCCCCCCCCC/C=C\CCCCCCCCCC. The van der Waals surface area contributed by atoms with Crippen LogP contribution >= 0.6 is 0 Å². The molecule has 318 valence electrons. The van der Waals surface area contributed by atoms with Crippen LogP contribution in [0.5, 0.6) is 0 Å². The molecule has 0 aliphatic carbocycles. The van der Waals surface area contributed by atoms with E-state index in [1.165, 1.54) is 148 Å². The molecule has 4 heteroatoms. The van der Waals surface area contributed by atoms with Crippen molar-refractivity contribution in [2.24, 2.45) is 0 Å². The van der Waals surface area contributed by atoms with Gasteiger partial charge in [-0.1, -0.05) is 209 Å². The van der Waals surface area contributed by atoms with Crippen LogP contribution in [0.2, 0.25) is 0 Å². The number of esters is 1. The second-order valence-electron chi connectivity index (χ2n) is 15.4. The number of hydrogen-bond acceptors (Lipinski definition) is 4. The number of aliphatic hydroxyl groups is 1. The number of ether oxygens (including phenoxy) is 2. The summed E-state index contributed by atoms with van der Waals surface area (Å²) in [5.74, 6) is -0.256. The first-order valence-electron chi connectivity index (χ1n) is 23.5. The molecule has 0 aliphatic rings. The maximum atomic E-state index is 12.2. The zero-order valence-electron chi connectivity index (χ0n) is 36.4. The highest BCUT2D eigenvalue weighted by molar-refractivity contribution is 5.69. The largest absolute Gasteiger partial charge is 0.457 e. The van der Waals surface area contributed by atoms with E-state index in [0.29, 0.717) is 13.0 Å². The lowest BCUT2D eigenvalue weighted by Gasteiger charge is -2.15. The van der Waals surface area contributed by atoms with Crippen molar-refractivity contribution in [3.63, 3.8) is 0 Å². The van der Waals surface area contributed by atoms with Gasteiger partial charge in [-0.2, -0.15) is 0 Å². The van der Waals surface area contributed by atoms with E-state index in [4.69, 9.17) is 9.47 Å². The van der Waals surface area contributed by atoms with E-state index in [1.807, 2.05) is 0 Å². The van der Waals surface area contributed by atoms with Crippen molar-refractivity contribution in [2.45, 2.75) is 225 Å². The number of rotatable bonds is 43. The van der Waals surface area contributed by atoms with Crippen molar-refractivity contribution in [3.05, 3.63) is 72.9 Å². The minimum Gasteiger partial charge on any atom is -0.457 e. The quantitative estimate of drug-likeness (QED) is 0.0381. The molecule has 0 saturated heterocycles. The first-order valence-corrected chi connectivity index (χ1v) is 23.5. The molecule has 0 aliphatic heterocycles. The van der Waals surface area contributed by atoms with E-state index in [0.717, 1.165) is 51.4 Å². The lowest BCUT2D eigenvalue weighted by Crippen LogP contribution is -2.27.